The van der Waals surface area contributed by atoms with Crippen molar-refractivity contribution < 1.29 is 0 Å². The highest BCUT2D eigenvalue weighted by Gasteiger charge is 2.19. The van der Waals surface area contributed by atoms with Crippen LogP contribution in [0.1, 0.15) is 241 Å². The maximum Gasteiger partial charge on any atom is 0.116 e. The van der Waals surface area contributed by atoms with Gasteiger partial charge in [0.25, 0.3) is 0 Å². The van der Waals surface area contributed by atoms with E-state index in [0.717, 1.165) is 64.2 Å². The average molecular weight is 1870 g/mol. The topological polar surface area (TPSA) is 51.6 Å². The maximum absolute atomic E-state index is 4.32. The summed E-state index contributed by atoms with van der Waals surface area (Å²) < 4.78 is 0. The molecule has 3 aliphatic rings. The van der Waals surface area contributed by atoms with Crippen molar-refractivity contribution in [1.29, 1.82) is 0 Å². The van der Waals surface area contributed by atoms with E-state index in [1.807, 2.05) is 299 Å². The van der Waals surface area contributed by atoms with Crippen LogP contribution in [-0.2, 0) is 19.3 Å². The largest absolute Gasteiger partial charge is 0.236 e. The molecule has 0 N–H and O–H groups in total. The molecule has 0 aliphatic heterocycles. The molecule has 23 rings (SSSR count). The van der Waals surface area contributed by atoms with Gasteiger partial charge in [0.1, 0.15) is 6.33 Å². The minimum Gasteiger partial charge on any atom is -0.236 e. The summed E-state index contributed by atoms with van der Waals surface area (Å²) in [5.41, 5.74) is 25.6. The minimum atomic E-state index is 0.900. The molecule has 0 unspecified atom stereocenters. The third-order valence-corrected chi connectivity index (χ3v) is 21.1. The second-order valence-electron chi connectivity index (χ2n) is 27.8. The number of benzene rings is 18. The summed E-state index contributed by atoms with van der Waals surface area (Å²) in [7, 11) is 0. The normalized spacial score (nSPS) is 9.55. The van der Waals surface area contributed by atoms with E-state index in [4.69, 9.17) is 0 Å². The number of fused-ring (bicyclic) bond motifs is 21. The van der Waals surface area contributed by atoms with Crippen molar-refractivity contribution >= 4 is 64.6 Å². The predicted molar refractivity (Wildman–Crippen MR) is 638 cm³/mol. The van der Waals surface area contributed by atoms with Crippen LogP contribution in [0.5, 0.6) is 0 Å². The molecule has 3 aliphatic carbocycles. The third-order valence-electron chi connectivity index (χ3n) is 21.1. The number of hydrogen-bond donors (Lipinski definition) is 0. The molecule has 0 spiro atoms. The van der Waals surface area contributed by atoms with Crippen molar-refractivity contribution in [2.24, 2.45) is 0 Å². The zero-order chi connectivity index (χ0) is 104. The Labute approximate surface area is 854 Å². The van der Waals surface area contributed by atoms with Gasteiger partial charge in [0.15, 0.2) is 0 Å². The smallest absolute Gasteiger partial charge is 0.116 e. The van der Waals surface area contributed by atoms with Crippen LogP contribution in [0.15, 0.2) is 437 Å². The summed E-state index contributed by atoms with van der Waals surface area (Å²) in [5.74, 6) is 0. The van der Waals surface area contributed by atoms with Crippen molar-refractivity contribution in [2.45, 2.75) is 227 Å². The summed E-state index contributed by atoms with van der Waals surface area (Å²) >= 11 is 0. The molecule has 0 radical (unpaired) electrons. The van der Waals surface area contributed by atoms with Crippen molar-refractivity contribution in [3.8, 4) is 78.3 Å². The van der Waals surface area contributed by atoms with Crippen LogP contribution in [0, 0.1) is 0 Å². The number of rotatable bonds is 4. The van der Waals surface area contributed by atoms with E-state index in [0.29, 0.717) is 0 Å². The molecule has 4 heteroatoms. The SMILES string of the molecule is CC.CC.CC.CC.CC.CC.CC.CC.CC.CC.CC.CC.CC.CC.CC.c1ccc(-c2cc(-c3ccccc3)ncn2)cc1.c1ccc(-c2cnnc(-c3ccccc3)c2)cc1.c1ccc2c(c1)Cc1ccccc1-2.c1ccc2c(c1)Cc1ccccc1-2.c1ccc2c(c1)Cc1ccccc1-2.c1ccc2c(c1)c1ccccc1c1ccccc21.c1ccc2c(c1)c1ccccc1c1ccccc21. The summed E-state index contributed by atoms with van der Waals surface area (Å²) in [6.45, 7) is 60.0. The van der Waals surface area contributed by atoms with Gasteiger partial charge in [-0.15, -0.1) is 0 Å². The number of nitrogens with zero attached hydrogens (tertiary/aromatic N) is 4. The predicted octanol–water partition coefficient (Wildman–Crippen LogP) is 43.1. The monoisotopic (exact) mass is 1870 g/mol. The van der Waals surface area contributed by atoms with Crippen molar-refractivity contribution in [3.05, 3.63) is 471 Å². The van der Waals surface area contributed by atoms with Crippen LogP contribution in [0.4, 0.5) is 0 Å². The van der Waals surface area contributed by atoms with Crippen LogP contribution < -0.4 is 0 Å². The van der Waals surface area contributed by atoms with Crippen molar-refractivity contribution in [2.75, 3.05) is 0 Å². The molecular weight excluding hydrogens is 1700 g/mol. The van der Waals surface area contributed by atoms with E-state index in [1.54, 1.807) is 12.5 Å². The lowest BCUT2D eigenvalue weighted by atomic mass is 9.95. The lowest BCUT2D eigenvalue weighted by Gasteiger charge is -2.09. The molecule has 2 aromatic heterocycles. The van der Waals surface area contributed by atoms with Crippen molar-refractivity contribution in [3.63, 3.8) is 0 Å². The van der Waals surface area contributed by atoms with Gasteiger partial charge in [0.2, 0.25) is 0 Å². The van der Waals surface area contributed by atoms with Crippen LogP contribution in [-0.4, -0.2) is 20.2 Å². The van der Waals surface area contributed by atoms with E-state index >= 15 is 0 Å². The molecule has 2 heterocycles. The maximum atomic E-state index is 4.32. The Hall–Kier alpha value is -14.3. The van der Waals surface area contributed by atoms with Crippen LogP contribution in [0.3, 0.4) is 0 Å². The average Bonchev–Trinajstić information content (AvgIpc) is 1.65. The van der Waals surface area contributed by atoms with Gasteiger partial charge >= 0.3 is 0 Å². The van der Waals surface area contributed by atoms with Gasteiger partial charge in [-0.1, -0.05) is 620 Å². The Bertz CT molecular complexity index is 5460. The lowest BCUT2D eigenvalue weighted by molar-refractivity contribution is 1.04. The summed E-state index contributed by atoms with van der Waals surface area (Å²) in [4.78, 5) is 8.65. The molecule has 0 fully saturated rings. The second kappa shape index (κ2) is 75.7. The van der Waals surface area contributed by atoms with E-state index in [1.165, 1.54) is 131 Å². The molecule has 18 aromatic carbocycles. The fourth-order valence-corrected chi connectivity index (χ4v) is 15.8. The van der Waals surface area contributed by atoms with Crippen LogP contribution >= 0.6 is 0 Å². The van der Waals surface area contributed by atoms with E-state index in [9.17, 15) is 0 Å². The first-order chi connectivity index (χ1) is 70.1. The Morgan fingerprint density at radius 2 is 0.298 bits per heavy atom. The van der Waals surface area contributed by atoms with Gasteiger partial charge in [0.05, 0.1) is 23.3 Å². The minimum absolute atomic E-state index is 0.900. The van der Waals surface area contributed by atoms with Crippen molar-refractivity contribution in [1.82, 2.24) is 20.2 Å². The molecule has 0 saturated heterocycles. The first-order valence-electron chi connectivity index (χ1n) is 53.0. The van der Waals surface area contributed by atoms with Gasteiger partial charge in [-0.05, 0) is 168 Å². The van der Waals surface area contributed by atoms with Gasteiger partial charge < -0.3 is 0 Å². The Balaban J connectivity index is 0.000000533. The highest BCUT2D eigenvalue weighted by molar-refractivity contribution is 6.26. The van der Waals surface area contributed by atoms with Crippen LogP contribution in [0.25, 0.3) is 143 Å². The molecular formula is C137H168N4. The quantitative estimate of drug-likeness (QED) is 0.165. The first kappa shape index (κ1) is 123. The second-order valence-corrected chi connectivity index (χ2v) is 27.8. The third kappa shape index (κ3) is 35.2. The summed E-state index contributed by atoms with van der Waals surface area (Å²) in [6, 6.07) is 149. The Morgan fingerprint density at radius 3 is 0.489 bits per heavy atom. The molecule has 0 bridgehead atoms. The summed E-state index contributed by atoms with van der Waals surface area (Å²) in [6.07, 6.45) is 6.72. The molecule has 0 atom stereocenters. The Morgan fingerprint density at radius 1 is 0.142 bits per heavy atom. The first-order valence-corrected chi connectivity index (χ1v) is 53.0. The van der Waals surface area contributed by atoms with Gasteiger partial charge in [-0.2, -0.15) is 10.2 Å². The fourth-order valence-electron chi connectivity index (χ4n) is 15.8. The number of aromatic nitrogens is 4. The highest BCUT2D eigenvalue weighted by Crippen LogP contribution is 2.41. The zero-order valence-corrected chi connectivity index (χ0v) is 91.5. The molecule has 4 nitrogen and oxygen atoms in total. The fraction of sp³-hybridized carbons (Fsp3) is 0.241. The highest BCUT2D eigenvalue weighted by atomic mass is 15.1. The summed E-state index contributed by atoms with van der Waals surface area (Å²) in [5, 5.41) is 24.3. The lowest BCUT2D eigenvalue weighted by Crippen LogP contribution is -1.88. The van der Waals surface area contributed by atoms with Gasteiger partial charge in [-0.3, -0.25) is 0 Å². The Kier molecular flexibility index (Phi) is 65.9. The molecule has 20 aromatic rings. The zero-order valence-electron chi connectivity index (χ0n) is 91.5. The molecule has 736 valence electrons. The molecule has 0 amide bonds. The van der Waals surface area contributed by atoms with E-state index in [-0.39, 0.29) is 0 Å². The molecule has 141 heavy (non-hydrogen) atoms. The van der Waals surface area contributed by atoms with Crippen LogP contribution in [0.2, 0.25) is 0 Å². The van der Waals surface area contributed by atoms with Gasteiger partial charge in [0, 0.05) is 22.3 Å². The van der Waals surface area contributed by atoms with E-state index in [2.05, 4.69) is 354 Å². The number of hydrogen-bond acceptors (Lipinski definition) is 4. The van der Waals surface area contributed by atoms with Gasteiger partial charge in [-0.25, -0.2) is 9.97 Å². The standard InChI is InChI=1S/2C18H12.2C16H12N2.3C13H10.15C2H6/c2*1-2-8-14-13(7-1)15-9-3-4-11-17(15)18-12-6-5-10-16(14)18;1-3-7-13(8-4-1)15-11-16(18-12-17-15)14-9-5-2-6-10-14;1-3-7-13(8-4-1)15-11-16(18-17-12-15)14-9-5-2-6-10-14;3*1-3-7-12-10(5-1)9-11-6-2-4-8-13(11)12;15*1-2/h4*1-12H;3*1-8H,9H2;15*1-2H3. The van der Waals surface area contributed by atoms with E-state index < -0.39 is 0 Å². The molecule has 0 saturated carbocycles.